The number of hydrogen-bond acceptors (Lipinski definition) is 3. The van der Waals surface area contributed by atoms with E-state index in [4.69, 9.17) is 4.74 Å². The molecule has 2 saturated carbocycles. The van der Waals surface area contributed by atoms with Crippen molar-refractivity contribution in [1.29, 1.82) is 0 Å². The van der Waals surface area contributed by atoms with Crippen molar-refractivity contribution >= 4 is 17.9 Å². The van der Waals surface area contributed by atoms with Crippen LogP contribution in [0.1, 0.15) is 69.4 Å². The molecule has 4 atom stereocenters. The van der Waals surface area contributed by atoms with Crippen molar-refractivity contribution in [1.82, 2.24) is 0 Å². The first-order valence-electron chi connectivity index (χ1n) is 10.1. The van der Waals surface area contributed by atoms with E-state index in [2.05, 4.69) is 24.4 Å². The van der Waals surface area contributed by atoms with Crippen molar-refractivity contribution in [2.24, 2.45) is 17.3 Å². The van der Waals surface area contributed by atoms with Crippen LogP contribution in [0, 0.1) is 17.3 Å². The third-order valence-electron chi connectivity index (χ3n) is 7.28. The molecule has 0 aromatic heterocycles. The van der Waals surface area contributed by atoms with Gasteiger partial charge >= 0.3 is 0 Å². The van der Waals surface area contributed by atoms with Crippen LogP contribution in [0.2, 0.25) is 0 Å². The summed E-state index contributed by atoms with van der Waals surface area (Å²) in [7, 11) is 0. The fourth-order valence-corrected chi connectivity index (χ4v) is 6.06. The van der Waals surface area contributed by atoms with Crippen LogP contribution in [0.5, 0.6) is 5.75 Å². The highest BCUT2D eigenvalue weighted by molar-refractivity contribution is 5.87. The Labute approximate surface area is 155 Å². The Kier molecular flexibility index (Phi) is 4.54. The van der Waals surface area contributed by atoms with Gasteiger partial charge in [0, 0.05) is 11.8 Å². The van der Waals surface area contributed by atoms with Gasteiger partial charge in [0.2, 0.25) is 6.41 Å². The maximum absolute atomic E-state index is 12.6. The lowest BCUT2D eigenvalue weighted by Crippen LogP contribution is -2.35. The SMILES string of the molecule is CCOc1cc2c(cc1NC=O)CCC1C2CCCC2(C)C(=O)CCC12. The molecular weight excluding hydrogens is 326 g/mol. The number of carbonyl (C=O) groups is 2. The minimum atomic E-state index is -0.0985. The molecule has 0 bridgehead atoms. The zero-order valence-electron chi connectivity index (χ0n) is 15.8. The van der Waals surface area contributed by atoms with E-state index in [-0.39, 0.29) is 5.41 Å². The van der Waals surface area contributed by atoms with E-state index >= 15 is 0 Å². The average molecular weight is 355 g/mol. The summed E-state index contributed by atoms with van der Waals surface area (Å²) in [6.45, 7) is 4.78. The van der Waals surface area contributed by atoms with Gasteiger partial charge in [-0.1, -0.05) is 13.3 Å². The minimum Gasteiger partial charge on any atom is -0.492 e. The number of Topliss-reactive ketones (excluding diaryl/α,β-unsaturated/α-hetero) is 1. The number of hydrogen-bond donors (Lipinski definition) is 1. The van der Waals surface area contributed by atoms with Gasteiger partial charge in [-0.05, 0) is 80.0 Å². The first-order valence-corrected chi connectivity index (χ1v) is 10.1. The third-order valence-corrected chi connectivity index (χ3v) is 7.28. The molecule has 4 unspecified atom stereocenters. The van der Waals surface area contributed by atoms with E-state index in [0.29, 0.717) is 30.1 Å². The number of rotatable bonds is 4. The molecule has 4 rings (SSSR count). The van der Waals surface area contributed by atoms with Crippen LogP contribution in [-0.4, -0.2) is 18.8 Å². The first-order chi connectivity index (χ1) is 12.6. The number of anilines is 1. The predicted octanol–water partition coefficient (Wildman–Crippen LogP) is 4.47. The molecule has 0 aliphatic heterocycles. The van der Waals surface area contributed by atoms with E-state index < -0.39 is 0 Å². The largest absolute Gasteiger partial charge is 0.492 e. The molecule has 3 aliphatic rings. The second-order valence-electron chi connectivity index (χ2n) is 8.43. The van der Waals surface area contributed by atoms with Crippen molar-refractivity contribution in [3.8, 4) is 5.75 Å². The van der Waals surface area contributed by atoms with Crippen LogP contribution in [0.25, 0.3) is 0 Å². The topological polar surface area (TPSA) is 55.4 Å². The normalized spacial score (nSPS) is 32.8. The molecule has 3 aliphatic carbocycles. The molecule has 0 radical (unpaired) electrons. The Bertz CT molecular complexity index is 728. The second-order valence-corrected chi connectivity index (χ2v) is 8.43. The van der Waals surface area contributed by atoms with Crippen molar-refractivity contribution in [2.75, 3.05) is 11.9 Å². The molecule has 4 heteroatoms. The standard InChI is InChI=1S/C22H29NO3/c1-3-26-20-12-17-14(11-19(20)23-13-24)6-7-16-15(17)5-4-10-22(2)18(16)8-9-21(22)25/h11-13,15-16,18H,3-10H2,1-2H3,(H,23,24). The fraction of sp³-hybridized carbons (Fsp3) is 0.636. The van der Waals surface area contributed by atoms with Gasteiger partial charge in [-0.15, -0.1) is 0 Å². The van der Waals surface area contributed by atoms with Crippen LogP contribution >= 0.6 is 0 Å². The zero-order chi connectivity index (χ0) is 18.3. The molecule has 0 saturated heterocycles. The predicted molar refractivity (Wildman–Crippen MR) is 102 cm³/mol. The highest BCUT2D eigenvalue weighted by atomic mass is 16.5. The number of fused-ring (bicyclic) bond motifs is 5. The molecule has 2 fully saturated rings. The molecule has 0 spiro atoms. The summed E-state index contributed by atoms with van der Waals surface area (Å²) in [5.41, 5.74) is 3.41. The Morgan fingerprint density at radius 2 is 2.12 bits per heavy atom. The molecular formula is C22H29NO3. The monoisotopic (exact) mass is 355 g/mol. The van der Waals surface area contributed by atoms with Crippen molar-refractivity contribution in [2.45, 2.75) is 64.7 Å². The van der Waals surface area contributed by atoms with Gasteiger partial charge in [-0.25, -0.2) is 0 Å². The highest BCUT2D eigenvalue weighted by Crippen LogP contribution is 2.58. The molecule has 140 valence electrons. The molecule has 4 nitrogen and oxygen atoms in total. The van der Waals surface area contributed by atoms with Gasteiger partial charge < -0.3 is 10.1 Å². The lowest BCUT2D eigenvalue weighted by atomic mass is 9.64. The second kappa shape index (κ2) is 6.71. The lowest BCUT2D eigenvalue weighted by molar-refractivity contribution is -0.127. The number of ketones is 1. The fourth-order valence-electron chi connectivity index (χ4n) is 6.06. The molecule has 26 heavy (non-hydrogen) atoms. The number of benzene rings is 1. The number of amides is 1. The van der Waals surface area contributed by atoms with E-state index in [1.165, 1.54) is 11.1 Å². The molecule has 1 amide bonds. The van der Waals surface area contributed by atoms with Crippen LogP contribution in [0.15, 0.2) is 12.1 Å². The number of aryl methyl sites for hydroxylation is 1. The van der Waals surface area contributed by atoms with Gasteiger partial charge in [-0.3, -0.25) is 9.59 Å². The maximum atomic E-state index is 12.6. The maximum Gasteiger partial charge on any atom is 0.211 e. The Hall–Kier alpha value is -1.84. The summed E-state index contributed by atoms with van der Waals surface area (Å²) in [6.07, 6.45) is 8.05. The van der Waals surface area contributed by atoms with Crippen LogP contribution < -0.4 is 10.1 Å². The van der Waals surface area contributed by atoms with E-state index in [0.717, 1.165) is 62.8 Å². The quantitative estimate of drug-likeness (QED) is 0.811. The lowest BCUT2D eigenvalue weighted by Gasteiger charge is -2.40. The Morgan fingerprint density at radius 1 is 1.27 bits per heavy atom. The van der Waals surface area contributed by atoms with Crippen LogP contribution in [0.3, 0.4) is 0 Å². The summed E-state index contributed by atoms with van der Waals surface area (Å²) in [5, 5.41) is 2.79. The van der Waals surface area contributed by atoms with E-state index in [1.54, 1.807) is 0 Å². The van der Waals surface area contributed by atoms with Gasteiger partial charge in [0.05, 0.1) is 12.3 Å². The first kappa shape index (κ1) is 17.6. The molecule has 1 aromatic carbocycles. The highest BCUT2D eigenvalue weighted by Gasteiger charge is 2.52. The number of nitrogens with one attached hydrogen (secondary N) is 1. The Morgan fingerprint density at radius 3 is 2.88 bits per heavy atom. The minimum absolute atomic E-state index is 0.0985. The van der Waals surface area contributed by atoms with Gasteiger partial charge in [0.25, 0.3) is 0 Å². The molecule has 1 N–H and O–H groups in total. The third kappa shape index (κ3) is 2.65. The zero-order valence-corrected chi connectivity index (χ0v) is 15.8. The van der Waals surface area contributed by atoms with Crippen LogP contribution in [0.4, 0.5) is 5.69 Å². The van der Waals surface area contributed by atoms with E-state index in [1.807, 2.05) is 6.92 Å². The van der Waals surface area contributed by atoms with Crippen molar-refractivity contribution in [3.05, 3.63) is 23.3 Å². The number of ether oxygens (including phenoxy) is 1. The summed E-state index contributed by atoms with van der Waals surface area (Å²) >= 11 is 0. The van der Waals surface area contributed by atoms with Gasteiger partial charge in [0.15, 0.2) is 0 Å². The number of carbonyl (C=O) groups excluding carboxylic acids is 2. The molecule has 1 aromatic rings. The average Bonchev–Trinajstić information content (AvgIpc) is 2.82. The summed E-state index contributed by atoms with van der Waals surface area (Å²) < 4.78 is 5.81. The summed E-state index contributed by atoms with van der Waals surface area (Å²) in [4.78, 5) is 23.6. The van der Waals surface area contributed by atoms with Crippen LogP contribution in [-0.2, 0) is 16.0 Å². The van der Waals surface area contributed by atoms with E-state index in [9.17, 15) is 9.59 Å². The smallest absolute Gasteiger partial charge is 0.211 e. The Balaban J connectivity index is 1.74. The summed E-state index contributed by atoms with van der Waals surface area (Å²) in [5.74, 6) is 2.91. The van der Waals surface area contributed by atoms with Crippen molar-refractivity contribution < 1.29 is 14.3 Å². The summed E-state index contributed by atoms with van der Waals surface area (Å²) in [6, 6.07) is 4.27. The van der Waals surface area contributed by atoms with Crippen molar-refractivity contribution in [3.63, 3.8) is 0 Å². The van der Waals surface area contributed by atoms with Gasteiger partial charge in [-0.2, -0.15) is 0 Å². The van der Waals surface area contributed by atoms with Gasteiger partial charge in [0.1, 0.15) is 11.5 Å². The molecule has 0 heterocycles.